The highest BCUT2D eigenvalue weighted by atomic mass is 32.1. The number of benzene rings is 1. The van der Waals surface area contributed by atoms with Crippen molar-refractivity contribution >= 4 is 23.0 Å². The lowest BCUT2D eigenvalue weighted by Crippen LogP contribution is -2.32. The van der Waals surface area contributed by atoms with Crippen LogP contribution in [0, 0.1) is 11.3 Å². The second-order valence-electron chi connectivity index (χ2n) is 6.92. The minimum absolute atomic E-state index is 0.128. The van der Waals surface area contributed by atoms with Crippen LogP contribution in [0.1, 0.15) is 36.5 Å². The summed E-state index contributed by atoms with van der Waals surface area (Å²) in [5.74, 6) is 1.46. The van der Waals surface area contributed by atoms with E-state index in [1.807, 2.05) is 41.0 Å². The Balaban J connectivity index is 1.99. The van der Waals surface area contributed by atoms with Gasteiger partial charge in [-0.1, -0.05) is 42.8 Å². The Morgan fingerprint density at radius 3 is 2.83 bits per heavy atom. The normalized spacial score (nSPS) is 15.3. The number of hydrogen-bond donors (Lipinski definition) is 0. The molecule has 0 saturated carbocycles. The molecule has 29 heavy (non-hydrogen) atoms. The maximum Gasteiger partial charge on any atom is 0.269 e. The van der Waals surface area contributed by atoms with Crippen LogP contribution in [0.5, 0.6) is 0 Å². The summed E-state index contributed by atoms with van der Waals surface area (Å²) >= 11 is 1.31. The van der Waals surface area contributed by atoms with E-state index in [0.29, 0.717) is 27.1 Å². The second-order valence-corrected chi connectivity index (χ2v) is 7.95. The van der Waals surface area contributed by atoms with Gasteiger partial charge in [-0.25, -0.2) is 0 Å². The number of allylic oxidation sites excluding steroid dienone is 1. The van der Waals surface area contributed by atoms with E-state index in [4.69, 9.17) is 0 Å². The molecule has 2 aromatic heterocycles. The molecule has 1 aliphatic rings. The Bertz CT molecular complexity index is 1260. The van der Waals surface area contributed by atoms with E-state index in [1.165, 1.54) is 11.3 Å². The van der Waals surface area contributed by atoms with Crippen LogP contribution in [0.15, 0.2) is 47.8 Å². The van der Waals surface area contributed by atoms with Gasteiger partial charge in [-0.15, -0.1) is 28.1 Å². The van der Waals surface area contributed by atoms with Gasteiger partial charge in [0.15, 0.2) is 5.82 Å². The molecule has 0 atom stereocenters. The predicted octanol–water partition coefficient (Wildman–Crippen LogP) is 1.97. The summed E-state index contributed by atoms with van der Waals surface area (Å²) in [6, 6.07) is 12.0. The monoisotopic (exact) mass is 403 g/mol. The van der Waals surface area contributed by atoms with Crippen molar-refractivity contribution in [1.29, 1.82) is 5.26 Å². The predicted molar refractivity (Wildman–Crippen MR) is 114 cm³/mol. The topological polar surface area (TPSA) is 76.5 Å². The molecule has 0 aliphatic carbocycles. The highest BCUT2D eigenvalue weighted by molar-refractivity contribution is 7.07. The molecule has 1 aromatic carbocycles. The van der Waals surface area contributed by atoms with Crippen molar-refractivity contribution in [2.24, 2.45) is 0 Å². The molecule has 7 heteroatoms. The highest BCUT2D eigenvalue weighted by Crippen LogP contribution is 2.18. The van der Waals surface area contributed by atoms with Gasteiger partial charge in [-0.2, -0.15) is 5.26 Å². The van der Waals surface area contributed by atoms with Crippen molar-refractivity contribution in [3.63, 3.8) is 0 Å². The molecule has 0 saturated heterocycles. The average Bonchev–Trinajstić information content (AvgIpc) is 3.16. The lowest BCUT2D eigenvalue weighted by Gasteiger charge is -2.06. The van der Waals surface area contributed by atoms with Gasteiger partial charge in [0, 0.05) is 19.5 Å². The van der Waals surface area contributed by atoms with E-state index in [2.05, 4.69) is 22.8 Å². The van der Waals surface area contributed by atoms with Gasteiger partial charge in [-0.3, -0.25) is 9.36 Å². The number of fused-ring (bicyclic) bond motifs is 1. The molecule has 6 nitrogen and oxygen atoms in total. The Kier molecular flexibility index (Phi) is 5.54. The summed E-state index contributed by atoms with van der Waals surface area (Å²) in [6.07, 6.45) is 7.65. The molecule has 3 aromatic rings. The fourth-order valence-electron chi connectivity index (χ4n) is 3.56. The highest BCUT2D eigenvalue weighted by Gasteiger charge is 2.20. The van der Waals surface area contributed by atoms with Gasteiger partial charge < -0.3 is 4.57 Å². The first kappa shape index (κ1) is 19.1. The van der Waals surface area contributed by atoms with Crippen molar-refractivity contribution in [3.05, 3.63) is 79.7 Å². The Hall–Kier alpha value is -3.24. The molecule has 0 fully saturated rings. The van der Waals surface area contributed by atoms with Crippen LogP contribution in [-0.2, 0) is 19.5 Å². The van der Waals surface area contributed by atoms with E-state index in [-0.39, 0.29) is 5.56 Å². The molecule has 0 unspecified atom stereocenters. The van der Waals surface area contributed by atoms with E-state index < -0.39 is 0 Å². The number of nitrogens with zero attached hydrogens (tertiary/aromatic N) is 5. The molecule has 0 amide bonds. The zero-order valence-corrected chi connectivity index (χ0v) is 16.9. The van der Waals surface area contributed by atoms with Crippen molar-refractivity contribution in [3.8, 4) is 6.07 Å². The lowest BCUT2D eigenvalue weighted by atomic mass is 10.2. The van der Waals surface area contributed by atoms with Crippen LogP contribution in [0.2, 0.25) is 0 Å². The van der Waals surface area contributed by atoms with Crippen LogP contribution in [0.3, 0.4) is 0 Å². The molecule has 0 spiro atoms. The molecule has 4 rings (SSSR count). The van der Waals surface area contributed by atoms with Crippen LogP contribution >= 0.6 is 11.3 Å². The smallest absolute Gasteiger partial charge is 0.269 e. The first-order valence-electron chi connectivity index (χ1n) is 9.67. The third-order valence-corrected chi connectivity index (χ3v) is 6.11. The van der Waals surface area contributed by atoms with Crippen LogP contribution in [0.25, 0.3) is 11.6 Å². The van der Waals surface area contributed by atoms with E-state index in [9.17, 15) is 10.1 Å². The third kappa shape index (κ3) is 3.71. The minimum atomic E-state index is -0.128. The fourth-order valence-corrected chi connectivity index (χ4v) is 4.67. The van der Waals surface area contributed by atoms with Gasteiger partial charge in [0.25, 0.3) is 5.56 Å². The van der Waals surface area contributed by atoms with Crippen molar-refractivity contribution < 1.29 is 0 Å². The third-order valence-electron chi connectivity index (χ3n) is 4.98. The number of thiazole rings is 1. The standard InChI is InChI=1S/C22H21N5OS/c1-2-12-27-21(28)18(14-16-9-5-3-6-10-16)29-22(27)17(15-23)20-25-24-19-11-7-4-8-13-26(19)20/h2-3,5-6,9-10,14H,1,4,7-8,11-13H2. The second kappa shape index (κ2) is 8.41. The fraction of sp³-hybridized carbons (Fsp3) is 0.273. The summed E-state index contributed by atoms with van der Waals surface area (Å²) in [6.45, 7) is 4.90. The first-order valence-corrected chi connectivity index (χ1v) is 10.5. The van der Waals surface area contributed by atoms with Crippen LogP contribution < -0.4 is 14.8 Å². The Labute approximate surface area is 172 Å². The van der Waals surface area contributed by atoms with Crippen molar-refractivity contribution in [2.45, 2.75) is 38.8 Å². The average molecular weight is 404 g/mol. The summed E-state index contributed by atoms with van der Waals surface area (Å²) in [4.78, 5) is 13.0. The van der Waals surface area contributed by atoms with Gasteiger partial charge in [0.1, 0.15) is 22.1 Å². The van der Waals surface area contributed by atoms with E-state index in [0.717, 1.165) is 43.6 Å². The van der Waals surface area contributed by atoms with Crippen molar-refractivity contribution in [1.82, 2.24) is 19.3 Å². The zero-order valence-electron chi connectivity index (χ0n) is 16.0. The summed E-state index contributed by atoms with van der Waals surface area (Å²) < 4.78 is 4.81. The number of nitriles is 1. The summed E-state index contributed by atoms with van der Waals surface area (Å²) in [5, 5.41) is 18.6. The number of aromatic nitrogens is 4. The number of rotatable bonds is 4. The van der Waals surface area contributed by atoms with E-state index in [1.54, 1.807) is 10.6 Å². The summed E-state index contributed by atoms with van der Waals surface area (Å²) in [5.41, 5.74) is 1.21. The SMILES string of the molecule is C=CCn1c(=C(C#N)c2nnc3n2CCCCC3)sc(=Cc2ccccc2)c1=O. The quantitative estimate of drug-likeness (QED) is 0.624. The molecule has 1 aliphatic heterocycles. The van der Waals surface area contributed by atoms with Crippen molar-refractivity contribution in [2.75, 3.05) is 0 Å². The Morgan fingerprint density at radius 2 is 2.07 bits per heavy atom. The number of hydrogen-bond acceptors (Lipinski definition) is 5. The van der Waals surface area contributed by atoms with Crippen LogP contribution in [0.4, 0.5) is 0 Å². The summed E-state index contributed by atoms with van der Waals surface area (Å²) in [7, 11) is 0. The maximum atomic E-state index is 13.0. The van der Waals surface area contributed by atoms with Gasteiger partial charge in [0.2, 0.25) is 0 Å². The first-order chi connectivity index (χ1) is 14.2. The maximum absolute atomic E-state index is 13.0. The van der Waals surface area contributed by atoms with Gasteiger partial charge >= 0.3 is 0 Å². The lowest BCUT2D eigenvalue weighted by molar-refractivity contribution is 0.626. The van der Waals surface area contributed by atoms with Gasteiger partial charge in [-0.05, 0) is 24.5 Å². The molecule has 3 heterocycles. The molecule has 0 bridgehead atoms. The largest absolute Gasteiger partial charge is 0.310 e. The molecule has 0 N–H and O–H groups in total. The molecular formula is C22H21N5OS. The van der Waals surface area contributed by atoms with Gasteiger partial charge in [0.05, 0.1) is 4.53 Å². The zero-order chi connectivity index (χ0) is 20.2. The van der Waals surface area contributed by atoms with Crippen LogP contribution in [-0.4, -0.2) is 19.3 Å². The minimum Gasteiger partial charge on any atom is -0.310 e. The molecule has 146 valence electrons. The number of aryl methyl sites for hydroxylation is 1. The van der Waals surface area contributed by atoms with E-state index >= 15 is 0 Å². The molecular weight excluding hydrogens is 382 g/mol. The Morgan fingerprint density at radius 1 is 1.24 bits per heavy atom. The molecule has 0 radical (unpaired) electrons.